The SMILES string of the molecule is CC#CCCC(NN)c1cncn1C. The van der Waals surface area contributed by atoms with Crippen LogP contribution in [0.2, 0.25) is 0 Å². The van der Waals surface area contributed by atoms with Gasteiger partial charge in [-0.1, -0.05) is 0 Å². The molecule has 4 nitrogen and oxygen atoms in total. The van der Waals surface area contributed by atoms with Crippen molar-refractivity contribution in [3.8, 4) is 11.8 Å². The molecule has 0 fully saturated rings. The average molecular weight is 192 g/mol. The molecule has 0 saturated heterocycles. The second-order valence-electron chi connectivity index (χ2n) is 3.11. The molecule has 0 radical (unpaired) electrons. The molecule has 1 rings (SSSR count). The number of aryl methyl sites for hydroxylation is 1. The minimum atomic E-state index is 0.128. The van der Waals surface area contributed by atoms with Gasteiger partial charge < -0.3 is 4.57 Å². The van der Waals surface area contributed by atoms with Crippen molar-refractivity contribution in [3.63, 3.8) is 0 Å². The lowest BCUT2D eigenvalue weighted by molar-refractivity contribution is 0.497. The van der Waals surface area contributed by atoms with Crippen LogP contribution in [0, 0.1) is 11.8 Å². The Hall–Kier alpha value is -1.31. The largest absolute Gasteiger partial charge is 0.336 e. The monoisotopic (exact) mass is 192 g/mol. The van der Waals surface area contributed by atoms with Gasteiger partial charge in [-0.05, 0) is 13.3 Å². The molecule has 0 saturated carbocycles. The van der Waals surface area contributed by atoms with E-state index in [2.05, 4.69) is 22.3 Å². The summed E-state index contributed by atoms with van der Waals surface area (Å²) in [5, 5.41) is 0. The Morgan fingerprint density at radius 2 is 2.50 bits per heavy atom. The summed E-state index contributed by atoms with van der Waals surface area (Å²) in [6, 6.07) is 0.128. The van der Waals surface area contributed by atoms with Crippen LogP contribution in [0.15, 0.2) is 12.5 Å². The predicted molar refractivity (Wildman–Crippen MR) is 56.0 cm³/mol. The minimum Gasteiger partial charge on any atom is -0.336 e. The van der Waals surface area contributed by atoms with Crippen LogP contribution in [-0.4, -0.2) is 9.55 Å². The second-order valence-corrected chi connectivity index (χ2v) is 3.11. The van der Waals surface area contributed by atoms with Gasteiger partial charge in [0.1, 0.15) is 0 Å². The fourth-order valence-corrected chi connectivity index (χ4v) is 1.36. The number of aromatic nitrogens is 2. The lowest BCUT2D eigenvalue weighted by Crippen LogP contribution is -2.29. The molecule has 3 N–H and O–H groups in total. The number of nitrogens with zero attached hydrogens (tertiary/aromatic N) is 2. The zero-order valence-electron chi connectivity index (χ0n) is 8.62. The first-order valence-corrected chi connectivity index (χ1v) is 4.61. The van der Waals surface area contributed by atoms with Gasteiger partial charge in [0.15, 0.2) is 0 Å². The van der Waals surface area contributed by atoms with Gasteiger partial charge >= 0.3 is 0 Å². The van der Waals surface area contributed by atoms with Gasteiger partial charge in [-0.2, -0.15) is 0 Å². The van der Waals surface area contributed by atoms with Crippen molar-refractivity contribution < 1.29 is 0 Å². The fraction of sp³-hybridized carbons (Fsp3) is 0.500. The topological polar surface area (TPSA) is 55.9 Å². The van der Waals surface area contributed by atoms with Crippen molar-refractivity contribution >= 4 is 0 Å². The summed E-state index contributed by atoms with van der Waals surface area (Å²) in [4.78, 5) is 4.05. The van der Waals surface area contributed by atoms with Gasteiger partial charge in [-0.25, -0.2) is 4.98 Å². The van der Waals surface area contributed by atoms with E-state index in [0.717, 1.165) is 18.5 Å². The lowest BCUT2D eigenvalue weighted by atomic mass is 10.1. The van der Waals surface area contributed by atoms with Crippen LogP contribution in [0.1, 0.15) is 31.5 Å². The summed E-state index contributed by atoms with van der Waals surface area (Å²) in [6.45, 7) is 1.84. The Labute approximate surface area is 84.5 Å². The third-order valence-electron chi connectivity index (χ3n) is 2.15. The standard InChI is InChI=1S/C10H16N4/c1-3-4-5-6-9(13-11)10-7-12-8-14(10)2/h7-9,13H,5-6,11H2,1-2H3. The van der Waals surface area contributed by atoms with Crippen molar-refractivity contribution in [2.45, 2.75) is 25.8 Å². The fourth-order valence-electron chi connectivity index (χ4n) is 1.36. The molecule has 0 aliphatic carbocycles. The van der Waals surface area contributed by atoms with Crippen molar-refractivity contribution in [2.24, 2.45) is 12.9 Å². The van der Waals surface area contributed by atoms with Crippen molar-refractivity contribution in [3.05, 3.63) is 18.2 Å². The first-order valence-electron chi connectivity index (χ1n) is 4.61. The summed E-state index contributed by atoms with van der Waals surface area (Å²) in [6.07, 6.45) is 5.34. The summed E-state index contributed by atoms with van der Waals surface area (Å²) in [5.41, 5.74) is 3.86. The molecule has 1 heterocycles. The number of imidazole rings is 1. The molecule has 1 unspecified atom stereocenters. The van der Waals surface area contributed by atoms with Gasteiger partial charge in [0.2, 0.25) is 0 Å². The normalized spacial score (nSPS) is 11.9. The number of hydrazine groups is 1. The molecule has 0 aromatic carbocycles. The van der Waals surface area contributed by atoms with E-state index in [1.54, 1.807) is 6.33 Å². The number of hydrogen-bond acceptors (Lipinski definition) is 3. The minimum absolute atomic E-state index is 0.128. The highest BCUT2D eigenvalue weighted by molar-refractivity contribution is 5.06. The van der Waals surface area contributed by atoms with Crippen LogP contribution >= 0.6 is 0 Å². The van der Waals surface area contributed by atoms with Crippen LogP contribution < -0.4 is 11.3 Å². The quantitative estimate of drug-likeness (QED) is 0.420. The highest BCUT2D eigenvalue weighted by Crippen LogP contribution is 2.15. The summed E-state index contributed by atoms with van der Waals surface area (Å²) >= 11 is 0. The van der Waals surface area contributed by atoms with Crippen LogP contribution in [0.3, 0.4) is 0 Å². The van der Waals surface area contributed by atoms with Crippen molar-refractivity contribution in [1.29, 1.82) is 0 Å². The number of hydrogen-bond donors (Lipinski definition) is 2. The molecule has 0 spiro atoms. The van der Waals surface area contributed by atoms with Gasteiger partial charge in [0, 0.05) is 19.7 Å². The van der Waals surface area contributed by atoms with Crippen LogP contribution in [0.25, 0.3) is 0 Å². The zero-order valence-corrected chi connectivity index (χ0v) is 8.62. The molecule has 76 valence electrons. The first kappa shape index (κ1) is 10.8. The molecule has 1 atom stereocenters. The number of nitrogens with two attached hydrogens (primary N) is 1. The molecular weight excluding hydrogens is 176 g/mol. The Kier molecular flexibility index (Phi) is 4.17. The smallest absolute Gasteiger partial charge is 0.0946 e. The third-order valence-corrected chi connectivity index (χ3v) is 2.15. The molecule has 1 aromatic heterocycles. The van der Waals surface area contributed by atoms with E-state index < -0.39 is 0 Å². The molecule has 0 aliphatic heterocycles. The van der Waals surface area contributed by atoms with Crippen LogP contribution in [-0.2, 0) is 7.05 Å². The lowest BCUT2D eigenvalue weighted by Gasteiger charge is -2.14. The van der Waals surface area contributed by atoms with E-state index in [9.17, 15) is 0 Å². The molecular formula is C10H16N4. The highest BCUT2D eigenvalue weighted by Gasteiger charge is 2.11. The first-order chi connectivity index (χ1) is 6.79. The van der Waals surface area contributed by atoms with Gasteiger partial charge in [0.25, 0.3) is 0 Å². The van der Waals surface area contributed by atoms with Crippen molar-refractivity contribution in [2.75, 3.05) is 0 Å². The number of rotatable bonds is 4. The predicted octanol–water partition coefficient (Wildman–Crippen LogP) is 0.728. The second kappa shape index (κ2) is 5.43. The van der Waals surface area contributed by atoms with Crippen LogP contribution in [0.5, 0.6) is 0 Å². The Balaban J connectivity index is 2.61. The summed E-state index contributed by atoms with van der Waals surface area (Å²) in [5.74, 6) is 11.4. The van der Waals surface area contributed by atoms with E-state index in [1.165, 1.54) is 0 Å². The van der Waals surface area contributed by atoms with Crippen molar-refractivity contribution in [1.82, 2.24) is 15.0 Å². The zero-order chi connectivity index (χ0) is 10.4. The van der Waals surface area contributed by atoms with E-state index in [-0.39, 0.29) is 6.04 Å². The van der Waals surface area contributed by atoms with Gasteiger partial charge in [0.05, 0.1) is 18.1 Å². The van der Waals surface area contributed by atoms with E-state index in [1.807, 2.05) is 24.7 Å². The maximum atomic E-state index is 5.48. The Bertz CT molecular complexity index is 331. The van der Waals surface area contributed by atoms with E-state index in [4.69, 9.17) is 5.84 Å². The van der Waals surface area contributed by atoms with E-state index in [0.29, 0.717) is 0 Å². The molecule has 0 bridgehead atoms. The highest BCUT2D eigenvalue weighted by atomic mass is 15.2. The average Bonchev–Trinajstić information content (AvgIpc) is 2.60. The molecule has 0 aliphatic rings. The number of nitrogens with one attached hydrogen (secondary N) is 1. The van der Waals surface area contributed by atoms with Gasteiger partial charge in [-0.15, -0.1) is 11.8 Å². The third kappa shape index (κ3) is 2.59. The van der Waals surface area contributed by atoms with Crippen LogP contribution in [0.4, 0.5) is 0 Å². The Morgan fingerprint density at radius 1 is 1.71 bits per heavy atom. The molecule has 14 heavy (non-hydrogen) atoms. The molecule has 0 amide bonds. The maximum absolute atomic E-state index is 5.48. The molecule has 4 heteroatoms. The molecule has 1 aromatic rings. The Morgan fingerprint density at radius 3 is 3.00 bits per heavy atom. The maximum Gasteiger partial charge on any atom is 0.0946 e. The van der Waals surface area contributed by atoms with Gasteiger partial charge in [-0.3, -0.25) is 11.3 Å². The summed E-state index contributed by atoms with van der Waals surface area (Å²) < 4.78 is 1.96. The summed E-state index contributed by atoms with van der Waals surface area (Å²) in [7, 11) is 1.96. The van der Waals surface area contributed by atoms with E-state index >= 15 is 0 Å².